The summed E-state index contributed by atoms with van der Waals surface area (Å²) in [6.45, 7) is 0. The van der Waals surface area contributed by atoms with Crippen molar-refractivity contribution in [1.82, 2.24) is 4.57 Å². The lowest BCUT2D eigenvalue weighted by molar-refractivity contribution is 0.387. The Morgan fingerprint density at radius 1 is 0.677 bits per heavy atom. The Labute approximate surface area is 176 Å². The van der Waals surface area contributed by atoms with Gasteiger partial charge in [0, 0.05) is 16.5 Å². The van der Waals surface area contributed by atoms with Crippen LogP contribution in [0.3, 0.4) is 0 Å². The van der Waals surface area contributed by atoms with Crippen LogP contribution < -0.4 is 5.30 Å². The zero-order valence-corrected chi connectivity index (χ0v) is 16.9. The minimum Gasteiger partial charge on any atom is -0.321 e. The van der Waals surface area contributed by atoms with E-state index < -0.39 is 19.2 Å². The number of hydrogen-bond acceptors (Lipinski definition) is 1. The first kappa shape index (κ1) is 19.6. The molecule has 0 saturated heterocycles. The molecule has 0 radical (unpaired) electrons. The minimum atomic E-state index is -4.38. The molecule has 0 spiro atoms. The van der Waals surface area contributed by atoms with E-state index in [1.54, 1.807) is 24.3 Å². The summed E-state index contributed by atoms with van der Waals surface area (Å²) in [4.78, 5) is 19.0. The highest BCUT2D eigenvalue weighted by Gasteiger charge is 2.18. The molecule has 0 unspecified atom stereocenters. The van der Waals surface area contributed by atoms with Gasteiger partial charge in [0.2, 0.25) is 0 Å². The van der Waals surface area contributed by atoms with Crippen LogP contribution in [0.4, 0.5) is 8.78 Å². The van der Waals surface area contributed by atoms with E-state index in [1.807, 2.05) is 28.8 Å². The van der Waals surface area contributed by atoms with Gasteiger partial charge in [0.25, 0.3) is 0 Å². The number of rotatable bonds is 3. The van der Waals surface area contributed by atoms with Crippen LogP contribution in [0.2, 0.25) is 0 Å². The van der Waals surface area contributed by atoms with Gasteiger partial charge in [-0.2, -0.15) is 0 Å². The highest BCUT2D eigenvalue weighted by Crippen LogP contribution is 2.36. The van der Waals surface area contributed by atoms with Crippen molar-refractivity contribution < 1.29 is 23.1 Å². The summed E-state index contributed by atoms with van der Waals surface area (Å²) < 4.78 is 41.4. The molecule has 5 aromatic rings. The van der Waals surface area contributed by atoms with E-state index in [0.717, 1.165) is 22.3 Å². The molecule has 0 fully saturated rings. The van der Waals surface area contributed by atoms with Crippen molar-refractivity contribution in [1.29, 1.82) is 0 Å². The molecule has 0 aliphatic rings. The van der Waals surface area contributed by atoms with Gasteiger partial charge in [-0.25, -0.2) is 8.78 Å². The predicted molar refractivity (Wildman–Crippen MR) is 118 cm³/mol. The molecule has 0 bridgehead atoms. The predicted octanol–water partition coefficient (Wildman–Crippen LogP) is 5.53. The average Bonchev–Trinajstić information content (AvgIpc) is 3.06. The van der Waals surface area contributed by atoms with Crippen molar-refractivity contribution in [2.24, 2.45) is 0 Å². The smallest absolute Gasteiger partial charge is 0.321 e. The molecule has 2 N–H and O–H groups in total. The van der Waals surface area contributed by atoms with Crippen LogP contribution in [-0.4, -0.2) is 14.4 Å². The SMILES string of the molecule is O=P(O)(O)c1cccc(-c2cccc(-n3c4ccc(F)cc4c4cc(F)ccc43)c2)c1. The summed E-state index contributed by atoms with van der Waals surface area (Å²) in [7, 11) is -4.38. The molecule has 31 heavy (non-hydrogen) atoms. The van der Waals surface area contributed by atoms with Crippen LogP contribution in [-0.2, 0) is 4.57 Å². The van der Waals surface area contributed by atoms with E-state index in [1.165, 1.54) is 36.4 Å². The fourth-order valence-corrected chi connectivity index (χ4v) is 4.52. The van der Waals surface area contributed by atoms with E-state index in [9.17, 15) is 23.1 Å². The van der Waals surface area contributed by atoms with Crippen LogP contribution >= 0.6 is 7.60 Å². The highest BCUT2D eigenvalue weighted by atomic mass is 31.2. The number of nitrogens with zero attached hydrogens (tertiary/aromatic N) is 1. The quantitative estimate of drug-likeness (QED) is 0.366. The average molecular weight is 435 g/mol. The first-order valence-corrected chi connectivity index (χ1v) is 11.1. The Bertz CT molecular complexity index is 1460. The van der Waals surface area contributed by atoms with Crippen LogP contribution in [0.25, 0.3) is 38.6 Å². The van der Waals surface area contributed by atoms with Crippen LogP contribution in [0.5, 0.6) is 0 Å². The molecule has 0 saturated carbocycles. The van der Waals surface area contributed by atoms with Crippen molar-refractivity contribution in [2.45, 2.75) is 0 Å². The second kappa shape index (κ2) is 7.13. The topological polar surface area (TPSA) is 62.5 Å². The third-order valence-electron chi connectivity index (χ3n) is 5.31. The molecule has 0 atom stereocenters. The monoisotopic (exact) mass is 435 g/mol. The molecule has 4 nitrogen and oxygen atoms in total. The van der Waals surface area contributed by atoms with E-state index in [4.69, 9.17) is 0 Å². The summed E-state index contributed by atoms with van der Waals surface area (Å²) in [5.74, 6) is -0.808. The van der Waals surface area contributed by atoms with Gasteiger partial charge >= 0.3 is 7.60 Å². The number of aromatic nitrogens is 1. The van der Waals surface area contributed by atoms with Gasteiger partial charge in [0.15, 0.2) is 0 Å². The molecule has 154 valence electrons. The third-order valence-corrected chi connectivity index (χ3v) is 6.26. The molecule has 1 aromatic heterocycles. The minimum absolute atomic E-state index is 0.0572. The van der Waals surface area contributed by atoms with Gasteiger partial charge in [-0.05, 0) is 71.8 Å². The maximum Gasteiger partial charge on any atom is 0.356 e. The van der Waals surface area contributed by atoms with Crippen molar-refractivity contribution in [3.63, 3.8) is 0 Å². The van der Waals surface area contributed by atoms with Crippen molar-refractivity contribution in [3.8, 4) is 16.8 Å². The number of hydrogen-bond donors (Lipinski definition) is 2. The zero-order valence-electron chi connectivity index (χ0n) is 16.0. The lowest BCUT2D eigenvalue weighted by Gasteiger charge is -2.11. The summed E-state index contributed by atoms with van der Waals surface area (Å²) in [6.07, 6.45) is 0. The molecule has 0 aliphatic carbocycles. The number of benzene rings is 4. The van der Waals surface area contributed by atoms with Crippen molar-refractivity contribution >= 4 is 34.7 Å². The molecular formula is C24H16F2NO3P. The molecule has 4 aromatic carbocycles. The zero-order chi connectivity index (χ0) is 21.8. The Morgan fingerprint density at radius 3 is 1.81 bits per heavy atom. The molecule has 7 heteroatoms. The highest BCUT2D eigenvalue weighted by molar-refractivity contribution is 7.60. The fourth-order valence-electron chi connectivity index (χ4n) is 3.94. The van der Waals surface area contributed by atoms with Crippen LogP contribution in [0, 0.1) is 11.6 Å². The van der Waals surface area contributed by atoms with E-state index in [2.05, 4.69) is 0 Å². The van der Waals surface area contributed by atoms with E-state index in [-0.39, 0.29) is 5.30 Å². The Hall–Kier alpha value is -3.31. The van der Waals surface area contributed by atoms with E-state index in [0.29, 0.717) is 16.3 Å². The van der Waals surface area contributed by atoms with Gasteiger partial charge in [0.1, 0.15) is 11.6 Å². The maximum atomic E-state index is 13.9. The third kappa shape index (κ3) is 3.45. The maximum absolute atomic E-state index is 13.9. The van der Waals surface area contributed by atoms with E-state index >= 15 is 0 Å². The molecule has 1 heterocycles. The van der Waals surface area contributed by atoms with Gasteiger partial charge in [0.05, 0.1) is 16.3 Å². The Kier molecular flexibility index (Phi) is 4.52. The first-order chi connectivity index (χ1) is 14.8. The summed E-state index contributed by atoms with van der Waals surface area (Å²) in [6, 6.07) is 22.5. The first-order valence-electron chi connectivity index (χ1n) is 9.47. The molecule has 5 rings (SSSR count). The second-order valence-corrected chi connectivity index (χ2v) is 8.91. The standard InChI is InChI=1S/C24H16F2NO3P/c25-17-7-9-23-21(13-17)22-14-18(26)8-10-24(22)27(23)19-5-1-3-15(11-19)16-4-2-6-20(12-16)31(28,29)30/h1-14H,(H2,28,29,30). The van der Waals surface area contributed by atoms with Gasteiger partial charge in [-0.3, -0.25) is 4.57 Å². The second-order valence-electron chi connectivity index (χ2n) is 7.30. The summed E-state index contributed by atoms with van der Waals surface area (Å²) >= 11 is 0. The molecular weight excluding hydrogens is 419 g/mol. The lowest BCUT2D eigenvalue weighted by atomic mass is 10.1. The summed E-state index contributed by atoms with van der Waals surface area (Å²) in [5.41, 5.74) is 3.62. The van der Waals surface area contributed by atoms with Crippen LogP contribution in [0.15, 0.2) is 84.9 Å². The number of halogens is 2. The van der Waals surface area contributed by atoms with Gasteiger partial charge < -0.3 is 14.4 Å². The summed E-state index contributed by atoms with van der Waals surface area (Å²) in [5, 5.41) is 1.14. The molecule has 0 amide bonds. The number of fused-ring (bicyclic) bond motifs is 3. The lowest BCUT2D eigenvalue weighted by Crippen LogP contribution is -2.03. The van der Waals surface area contributed by atoms with Crippen molar-refractivity contribution in [2.75, 3.05) is 0 Å². The van der Waals surface area contributed by atoms with Crippen molar-refractivity contribution in [3.05, 3.63) is 96.6 Å². The normalized spacial score (nSPS) is 12.0. The molecule has 0 aliphatic heterocycles. The van der Waals surface area contributed by atoms with Gasteiger partial charge in [-0.15, -0.1) is 0 Å². The van der Waals surface area contributed by atoms with Gasteiger partial charge in [-0.1, -0.05) is 24.3 Å². The fraction of sp³-hybridized carbons (Fsp3) is 0. The Morgan fingerprint density at radius 2 is 1.23 bits per heavy atom. The Balaban J connectivity index is 1.75. The largest absolute Gasteiger partial charge is 0.356 e. The van der Waals surface area contributed by atoms with Crippen LogP contribution in [0.1, 0.15) is 0 Å².